The molecule has 0 fully saturated rings. The van der Waals surface area contributed by atoms with Crippen molar-refractivity contribution >= 4 is 39.6 Å². The average Bonchev–Trinajstić information content (AvgIpc) is 3.24. The predicted molar refractivity (Wildman–Crippen MR) is 125 cm³/mol. The highest BCUT2D eigenvalue weighted by molar-refractivity contribution is 6.34. The molecule has 0 atom stereocenters. The number of aromatic nitrogens is 5. The van der Waals surface area contributed by atoms with Crippen molar-refractivity contribution in [3.05, 3.63) is 89.9 Å². The van der Waals surface area contributed by atoms with Crippen molar-refractivity contribution in [1.29, 1.82) is 0 Å². The van der Waals surface area contributed by atoms with E-state index in [1.807, 2.05) is 36.4 Å². The van der Waals surface area contributed by atoms with Gasteiger partial charge in [0.1, 0.15) is 5.52 Å². The van der Waals surface area contributed by atoms with E-state index in [0.29, 0.717) is 29.0 Å². The molecular weight excluding hydrogens is 440 g/mol. The van der Waals surface area contributed by atoms with E-state index in [1.54, 1.807) is 29.1 Å². The third-order valence-corrected chi connectivity index (χ3v) is 5.45. The molecule has 5 rings (SSSR count). The molecule has 3 heterocycles. The Morgan fingerprint density at radius 1 is 1.09 bits per heavy atom. The molecule has 0 unspecified atom stereocenters. The number of hydrogen-bond donors (Lipinski definition) is 1. The highest BCUT2D eigenvalue weighted by atomic mass is 35.5. The molecule has 0 saturated heterocycles. The fourth-order valence-corrected chi connectivity index (χ4v) is 3.81. The smallest absolute Gasteiger partial charge is 0.273 e. The maximum absolute atomic E-state index is 12.1. The lowest BCUT2D eigenvalue weighted by molar-refractivity contribution is 0.0416. The first-order valence-corrected chi connectivity index (χ1v) is 10.6. The number of hydrogen-bond acceptors (Lipinski definition) is 6. The zero-order valence-corrected chi connectivity index (χ0v) is 18.2. The van der Waals surface area contributed by atoms with E-state index in [-0.39, 0.29) is 11.6 Å². The number of benzene rings is 2. The molecule has 33 heavy (non-hydrogen) atoms. The van der Waals surface area contributed by atoms with E-state index >= 15 is 0 Å². The maximum atomic E-state index is 12.1. The molecule has 1 N–H and O–H groups in total. The van der Waals surface area contributed by atoms with Crippen LogP contribution in [0.15, 0.2) is 66.9 Å². The number of carbonyl (C=O) groups is 1. The Bertz CT molecular complexity index is 1480. The van der Waals surface area contributed by atoms with Gasteiger partial charge in [-0.3, -0.25) is 14.6 Å². The van der Waals surface area contributed by atoms with Crippen LogP contribution >= 0.6 is 11.6 Å². The van der Waals surface area contributed by atoms with Gasteiger partial charge in [0.05, 0.1) is 34.9 Å². The Balaban J connectivity index is 1.45. The molecule has 2 aromatic carbocycles. The van der Waals surface area contributed by atoms with Gasteiger partial charge in [0.25, 0.3) is 5.91 Å². The summed E-state index contributed by atoms with van der Waals surface area (Å²) in [7, 11) is 0. The molecule has 163 valence electrons. The summed E-state index contributed by atoms with van der Waals surface area (Å²) < 4.78 is 1.76. The first kappa shape index (κ1) is 21.0. The lowest BCUT2D eigenvalue weighted by atomic mass is 10.1. The Hall–Kier alpha value is -3.88. The van der Waals surface area contributed by atoms with Gasteiger partial charge >= 0.3 is 0 Å². The molecular formula is C24H18ClN6O2. The van der Waals surface area contributed by atoms with Crippen LogP contribution in [0.2, 0.25) is 5.02 Å². The minimum Gasteiger partial charge on any atom is -0.273 e. The van der Waals surface area contributed by atoms with Crippen molar-refractivity contribution in [3.63, 3.8) is 0 Å². The molecule has 1 radical (unpaired) electrons. The maximum Gasteiger partial charge on any atom is 0.276 e. The average molecular weight is 458 g/mol. The lowest BCUT2D eigenvalue weighted by Gasteiger charge is -2.08. The van der Waals surface area contributed by atoms with Crippen molar-refractivity contribution < 1.29 is 9.63 Å². The van der Waals surface area contributed by atoms with Gasteiger partial charge in [0, 0.05) is 17.1 Å². The highest BCUT2D eigenvalue weighted by Gasteiger charge is 2.14. The molecule has 5 aromatic rings. The Morgan fingerprint density at radius 2 is 1.97 bits per heavy atom. The van der Waals surface area contributed by atoms with E-state index in [9.17, 15) is 4.79 Å². The van der Waals surface area contributed by atoms with Gasteiger partial charge in [-0.2, -0.15) is 0 Å². The molecule has 0 aliphatic carbocycles. The van der Waals surface area contributed by atoms with Crippen LogP contribution in [-0.2, 0) is 11.4 Å². The summed E-state index contributed by atoms with van der Waals surface area (Å²) in [5.41, 5.74) is 7.39. The molecule has 1 amide bonds. The largest absolute Gasteiger partial charge is 0.276 e. The van der Waals surface area contributed by atoms with Crippen molar-refractivity contribution in [2.45, 2.75) is 6.54 Å². The normalized spacial score (nSPS) is 11.2. The number of nitrogens with zero attached hydrogens (tertiary/aromatic N) is 5. The predicted octanol–water partition coefficient (Wildman–Crippen LogP) is 4.24. The first-order valence-electron chi connectivity index (χ1n) is 10.2. The van der Waals surface area contributed by atoms with Crippen molar-refractivity contribution in [3.8, 4) is 11.3 Å². The third kappa shape index (κ3) is 4.26. The molecule has 8 nitrogen and oxygen atoms in total. The summed E-state index contributed by atoms with van der Waals surface area (Å²) in [6.45, 7) is 4.13. The van der Waals surface area contributed by atoms with Crippen LogP contribution in [0.1, 0.15) is 15.9 Å². The fourth-order valence-electron chi connectivity index (χ4n) is 3.55. The Morgan fingerprint density at radius 3 is 2.82 bits per heavy atom. The minimum absolute atomic E-state index is 0.114. The number of hydroxylamine groups is 1. The molecule has 0 aliphatic heterocycles. The van der Waals surface area contributed by atoms with Crippen LogP contribution in [0.3, 0.4) is 0 Å². The monoisotopic (exact) mass is 457 g/mol. The number of fused-ring (bicyclic) bond motifs is 2. The standard InChI is InChI=1S/C24H18ClN6O2/c1-2-33-29-24(32)18-7-6-17(13-19(18)25)21-9-10-22-23(27-21)31(30-28-22)14-15-5-8-20-16(12-15)4-3-11-26-20/h3-13H,1-2,14H2,(H,29,32). The second kappa shape index (κ2) is 8.93. The zero-order valence-electron chi connectivity index (χ0n) is 17.4. The summed E-state index contributed by atoms with van der Waals surface area (Å²) >= 11 is 6.34. The quantitative estimate of drug-likeness (QED) is 0.383. The van der Waals surface area contributed by atoms with Gasteiger partial charge in [0.15, 0.2) is 5.65 Å². The SMILES string of the molecule is [CH2]CONC(=O)c1ccc(-c2ccc3nnn(Cc4ccc5ncccc5c4)c3n2)cc1Cl. The number of halogens is 1. The first-order chi connectivity index (χ1) is 16.1. The minimum atomic E-state index is -0.438. The van der Waals surface area contributed by atoms with Gasteiger partial charge in [-0.25, -0.2) is 15.1 Å². The molecule has 0 spiro atoms. The van der Waals surface area contributed by atoms with Crippen LogP contribution in [0.25, 0.3) is 33.3 Å². The molecule has 0 saturated carbocycles. The Labute approximate surface area is 194 Å². The van der Waals surface area contributed by atoms with Crippen molar-refractivity contribution in [2.75, 3.05) is 6.61 Å². The van der Waals surface area contributed by atoms with Crippen LogP contribution in [0, 0.1) is 6.92 Å². The lowest BCUT2D eigenvalue weighted by Crippen LogP contribution is -2.23. The van der Waals surface area contributed by atoms with Crippen LogP contribution in [-0.4, -0.2) is 37.5 Å². The Kier molecular flexibility index (Phi) is 5.68. The van der Waals surface area contributed by atoms with E-state index < -0.39 is 5.91 Å². The van der Waals surface area contributed by atoms with Gasteiger partial charge in [-0.15, -0.1) is 5.10 Å². The highest BCUT2D eigenvalue weighted by Crippen LogP contribution is 2.26. The zero-order chi connectivity index (χ0) is 22.8. The van der Waals surface area contributed by atoms with E-state index in [4.69, 9.17) is 21.4 Å². The number of rotatable bonds is 6. The topological polar surface area (TPSA) is 94.8 Å². The van der Waals surface area contributed by atoms with E-state index in [0.717, 1.165) is 22.0 Å². The van der Waals surface area contributed by atoms with Crippen molar-refractivity contribution in [1.82, 2.24) is 30.4 Å². The van der Waals surface area contributed by atoms with Crippen LogP contribution in [0.4, 0.5) is 0 Å². The van der Waals surface area contributed by atoms with Crippen LogP contribution < -0.4 is 5.48 Å². The van der Waals surface area contributed by atoms with Gasteiger partial charge in [-0.05, 0) is 55.0 Å². The summed E-state index contributed by atoms with van der Waals surface area (Å²) in [6, 6.07) is 18.9. The molecule has 0 aliphatic rings. The number of amides is 1. The molecule has 0 bridgehead atoms. The number of pyridine rings is 2. The third-order valence-electron chi connectivity index (χ3n) is 5.14. The molecule has 3 aromatic heterocycles. The van der Waals surface area contributed by atoms with E-state index in [1.165, 1.54) is 0 Å². The summed E-state index contributed by atoms with van der Waals surface area (Å²) in [4.78, 5) is 26.1. The van der Waals surface area contributed by atoms with Gasteiger partial charge in [0.2, 0.25) is 0 Å². The fraction of sp³-hybridized carbons (Fsp3) is 0.0833. The van der Waals surface area contributed by atoms with E-state index in [2.05, 4.69) is 33.8 Å². The van der Waals surface area contributed by atoms with Crippen LogP contribution in [0.5, 0.6) is 0 Å². The summed E-state index contributed by atoms with van der Waals surface area (Å²) in [6.07, 6.45) is 1.78. The van der Waals surface area contributed by atoms with Gasteiger partial charge in [-0.1, -0.05) is 35.0 Å². The van der Waals surface area contributed by atoms with Gasteiger partial charge < -0.3 is 0 Å². The van der Waals surface area contributed by atoms with Crippen molar-refractivity contribution in [2.24, 2.45) is 0 Å². The number of carbonyl (C=O) groups excluding carboxylic acids is 1. The number of nitrogens with one attached hydrogen (secondary N) is 1. The summed E-state index contributed by atoms with van der Waals surface area (Å²) in [5.74, 6) is -0.438. The second-order valence-corrected chi connectivity index (χ2v) is 7.70. The summed E-state index contributed by atoms with van der Waals surface area (Å²) in [5, 5.41) is 9.87. The second-order valence-electron chi connectivity index (χ2n) is 7.29. The molecule has 9 heteroatoms.